The third-order valence-corrected chi connectivity index (χ3v) is 8.06. The molecule has 0 heterocycles. The second-order valence-electron chi connectivity index (χ2n) is 12.7. The van der Waals surface area contributed by atoms with Crippen LogP contribution >= 0.6 is 0 Å². The van der Waals surface area contributed by atoms with Crippen LogP contribution in [0.15, 0.2) is 24.3 Å². The molecule has 12 nitrogen and oxygen atoms in total. The fourth-order valence-corrected chi connectivity index (χ4v) is 4.68. The van der Waals surface area contributed by atoms with Gasteiger partial charge in [0, 0.05) is 6.61 Å². The van der Waals surface area contributed by atoms with Crippen molar-refractivity contribution in [2.75, 3.05) is 152 Å². The van der Waals surface area contributed by atoms with E-state index < -0.39 is 0 Å². The zero-order valence-corrected chi connectivity index (χ0v) is 33.7. The molecule has 12 heteroatoms. The van der Waals surface area contributed by atoms with E-state index in [1.54, 1.807) is 0 Å². The average Bonchev–Trinajstić information content (AvgIpc) is 3.18. The molecule has 1 atom stereocenters. The van der Waals surface area contributed by atoms with Crippen molar-refractivity contribution >= 4 is 0 Å². The van der Waals surface area contributed by atoms with Crippen LogP contribution in [0.25, 0.3) is 0 Å². The Morgan fingerprint density at radius 1 is 0.377 bits per heavy atom. The van der Waals surface area contributed by atoms with E-state index in [0.29, 0.717) is 151 Å². The molecule has 0 aromatic heterocycles. The van der Waals surface area contributed by atoms with E-state index in [-0.39, 0.29) is 0 Å². The van der Waals surface area contributed by atoms with Gasteiger partial charge < -0.3 is 56.8 Å². The zero-order chi connectivity index (χ0) is 38.0. The van der Waals surface area contributed by atoms with Crippen LogP contribution in [0.5, 0.6) is 5.75 Å². The van der Waals surface area contributed by atoms with Gasteiger partial charge in [0.2, 0.25) is 0 Å². The molecule has 0 aliphatic heterocycles. The maximum atomic E-state index is 5.78. The number of aryl methyl sites for hydroxylation is 1. The number of benzene rings is 1. The van der Waals surface area contributed by atoms with Crippen molar-refractivity contribution in [3.8, 4) is 5.75 Å². The fourth-order valence-electron chi connectivity index (χ4n) is 4.68. The molecule has 1 aromatic rings. The quantitative estimate of drug-likeness (QED) is 0.0707. The highest BCUT2D eigenvalue weighted by atomic mass is 16.6. The molecule has 0 amide bonds. The van der Waals surface area contributed by atoms with Crippen molar-refractivity contribution in [1.82, 2.24) is 0 Å². The van der Waals surface area contributed by atoms with Crippen LogP contribution in [0.3, 0.4) is 0 Å². The fraction of sp³-hybridized carbons (Fsp3) is 0.854. The molecular formula is C41H76O12. The number of hydrogen-bond donors (Lipinski definition) is 0. The third kappa shape index (κ3) is 37.3. The predicted molar refractivity (Wildman–Crippen MR) is 207 cm³/mol. The second-order valence-corrected chi connectivity index (χ2v) is 12.7. The minimum atomic E-state index is 0.515. The number of ether oxygens (including phenoxy) is 12. The van der Waals surface area contributed by atoms with Crippen LogP contribution < -0.4 is 4.74 Å². The summed E-state index contributed by atoms with van der Waals surface area (Å²) in [6.45, 7) is 19.1. The van der Waals surface area contributed by atoms with Crippen molar-refractivity contribution in [2.45, 2.75) is 72.1 Å². The van der Waals surface area contributed by atoms with Crippen LogP contribution in [-0.2, 0) is 58.5 Å². The van der Waals surface area contributed by atoms with E-state index in [9.17, 15) is 0 Å². The Morgan fingerprint density at radius 2 is 0.698 bits per heavy atom. The summed E-state index contributed by atoms with van der Waals surface area (Å²) >= 11 is 0. The van der Waals surface area contributed by atoms with Gasteiger partial charge in [0.25, 0.3) is 0 Å². The molecule has 312 valence electrons. The van der Waals surface area contributed by atoms with E-state index >= 15 is 0 Å². The lowest BCUT2D eigenvalue weighted by molar-refractivity contribution is -0.0280. The third-order valence-electron chi connectivity index (χ3n) is 8.06. The second kappa shape index (κ2) is 41.7. The maximum absolute atomic E-state index is 5.78. The van der Waals surface area contributed by atoms with Crippen LogP contribution in [0.4, 0.5) is 0 Å². The summed E-state index contributed by atoms with van der Waals surface area (Å²) in [6.07, 6.45) is 10.2. The molecule has 0 radical (unpaired) electrons. The largest absolute Gasteiger partial charge is 0.491 e. The maximum Gasteiger partial charge on any atom is 0.119 e. The van der Waals surface area contributed by atoms with E-state index in [1.807, 2.05) is 0 Å². The molecule has 0 aliphatic carbocycles. The van der Waals surface area contributed by atoms with Crippen molar-refractivity contribution in [2.24, 2.45) is 5.92 Å². The minimum Gasteiger partial charge on any atom is -0.491 e. The normalized spacial score (nSPS) is 12.1. The summed E-state index contributed by atoms with van der Waals surface area (Å²) in [5, 5.41) is 0. The molecular weight excluding hydrogens is 684 g/mol. The number of unbranched alkanes of at least 4 members (excludes halogenated alkanes) is 5. The first kappa shape index (κ1) is 49.6. The molecule has 1 unspecified atom stereocenters. The van der Waals surface area contributed by atoms with Crippen LogP contribution in [0.2, 0.25) is 0 Å². The first-order chi connectivity index (χ1) is 26.3. The Kier molecular flexibility index (Phi) is 39.1. The standard InChI is InChI=1S/C41H76O12/c1-4-6-7-8-9-10-11-40-12-14-41(15-13-40)53-37-36-51-33-32-49-29-28-47-25-24-45-21-20-43-17-16-42-18-19-44-22-23-46-26-27-48-30-31-50-34-35-52-38-39(3)5-2/h12-15,39H,4-11,16-38H2,1-3H3. The van der Waals surface area contributed by atoms with Gasteiger partial charge >= 0.3 is 0 Å². The van der Waals surface area contributed by atoms with E-state index in [1.165, 1.54) is 44.1 Å². The van der Waals surface area contributed by atoms with Gasteiger partial charge in [-0.15, -0.1) is 0 Å². The summed E-state index contributed by atoms with van der Waals surface area (Å²) in [5.41, 5.74) is 1.38. The molecule has 0 N–H and O–H groups in total. The van der Waals surface area contributed by atoms with Crippen LogP contribution in [0.1, 0.15) is 71.3 Å². The van der Waals surface area contributed by atoms with E-state index in [4.69, 9.17) is 56.8 Å². The van der Waals surface area contributed by atoms with Gasteiger partial charge in [-0.25, -0.2) is 0 Å². The predicted octanol–water partition coefficient (Wildman–Crippen LogP) is 6.20. The Bertz CT molecular complexity index is 832. The van der Waals surface area contributed by atoms with Gasteiger partial charge in [-0.1, -0.05) is 71.4 Å². The van der Waals surface area contributed by atoms with Crippen molar-refractivity contribution < 1.29 is 56.8 Å². The Balaban J connectivity index is 1.67. The summed E-state index contributed by atoms with van der Waals surface area (Å²) in [4.78, 5) is 0. The molecule has 0 bridgehead atoms. The Morgan fingerprint density at radius 3 is 1.06 bits per heavy atom. The van der Waals surface area contributed by atoms with Gasteiger partial charge in [-0.3, -0.25) is 0 Å². The highest BCUT2D eigenvalue weighted by Gasteiger charge is 2.00. The highest BCUT2D eigenvalue weighted by molar-refractivity contribution is 5.27. The summed E-state index contributed by atoms with van der Waals surface area (Å²) in [6, 6.07) is 8.44. The van der Waals surface area contributed by atoms with Gasteiger partial charge in [0.1, 0.15) is 12.4 Å². The molecule has 1 aromatic carbocycles. The lowest BCUT2D eigenvalue weighted by Gasteiger charge is -2.10. The Labute approximate surface area is 322 Å². The number of hydrogen-bond acceptors (Lipinski definition) is 12. The van der Waals surface area contributed by atoms with Crippen LogP contribution in [-0.4, -0.2) is 152 Å². The first-order valence-corrected chi connectivity index (χ1v) is 20.3. The number of rotatable bonds is 44. The monoisotopic (exact) mass is 761 g/mol. The molecule has 0 aliphatic rings. The summed E-state index contributed by atoms with van der Waals surface area (Å²) in [5.74, 6) is 1.48. The van der Waals surface area contributed by atoms with Crippen LogP contribution in [0, 0.1) is 5.92 Å². The van der Waals surface area contributed by atoms with Crippen molar-refractivity contribution in [1.29, 1.82) is 0 Å². The summed E-state index contributed by atoms with van der Waals surface area (Å²) in [7, 11) is 0. The van der Waals surface area contributed by atoms with Gasteiger partial charge in [0.15, 0.2) is 0 Å². The Hall–Kier alpha value is -1.42. The van der Waals surface area contributed by atoms with Gasteiger partial charge in [0.05, 0.1) is 139 Å². The van der Waals surface area contributed by atoms with E-state index in [0.717, 1.165) is 25.2 Å². The van der Waals surface area contributed by atoms with Crippen molar-refractivity contribution in [3.63, 3.8) is 0 Å². The average molecular weight is 761 g/mol. The minimum absolute atomic E-state index is 0.515. The van der Waals surface area contributed by atoms with E-state index in [2.05, 4.69) is 45.0 Å². The van der Waals surface area contributed by atoms with Crippen molar-refractivity contribution in [3.05, 3.63) is 29.8 Å². The molecule has 0 saturated heterocycles. The highest BCUT2D eigenvalue weighted by Crippen LogP contribution is 2.15. The lowest BCUT2D eigenvalue weighted by atomic mass is 10.0. The zero-order valence-electron chi connectivity index (χ0n) is 33.7. The molecule has 0 spiro atoms. The topological polar surface area (TPSA) is 111 Å². The lowest BCUT2D eigenvalue weighted by Crippen LogP contribution is -2.15. The smallest absolute Gasteiger partial charge is 0.119 e. The van der Waals surface area contributed by atoms with Gasteiger partial charge in [-0.05, 0) is 36.5 Å². The molecule has 53 heavy (non-hydrogen) atoms. The van der Waals surface area contributed by atoms with Gasteiger partial charge in [-0.2, -0.15) is 0 Å². The first-order valence-electron chi connectivity index (χ1n) is 20.3. The molecule has 1 rings (SSSR count). The molecule has 0 fully saturated rings. The summed E-state index contributed by atoms with van der Waals surface area (Å²) < 4.78 is 66.5. The SMILES string of the molecule is CCCCCCCCc1ccc(OCCOCCOCCOCCOCCOCCOCCOCCOCCOCCOCCOCC(C)CC)cc1. The molecule has 0 saturated carbocycles.